The Morgan fingerprint density at radius 1 is 0.935 bits per heavy atom. The third-order valence-electron chi connectivity index (χ3n) is 4.83. The smallest absolute Gasteiger partial charge is 0.243 e. The summed E-state index contributed by atoms with van der Waals surface area (Å²) in [6.45, 7) is 1.55. The third kappa shape index (κ3) is 5.78. The molecular weight excluding hydrogens is 483 g/mol. The summed E-state index contributed by atoms with van der Waals surface area (Å²) in [7, 11) is -2.40. The molecule has 0 spiro atoms. The van der Waals surface area contributed by atoms with Gasteiger partial charge < -0.3 is 4.90 Å². The zero-order valence-electron chi connectivity index (χ0n) is 17.1. The number of aryl methyl sites for hydroxylation is 1. The normalized spacial score (nSPS) is 11.5. The van der Waals surface area contributed by atoms with E-state index in [-0.39, 0.29) is 18.0 Å². The minimum absolute atomic E-state index is 0.0342. The predicted octanol–water partition coefficient (Wildman–Crippen LogP) is 4.75. The number of carbonyl (C=O) groups excluding carboxylic acids is 1. The average molecular weight is 505 g/mol. The van der Waals surface area contributed by atoms with E-state index in [2.05, 4.69) is 15.9 Å². The van der Waals surface area contributed by atoms with E-state index in [1.165, 1.54) is 48.3 Å². The van der Waals surface area contributed by atoms with Gasteiger partial charge in [-0.1, -0.05) is 45.8 Å². The maximum Gasteiger partial charge on any atom is 0.243 e. The van der Waals surface area contributed by atoms with Crippen molar-refractivity contribution in [2.45, 2.75) is 18.4 Å². The van der Waals surface area contributed by atoms with Crippen LogP contribution < -0.4 is 4.90 Å². The molecule has 0 saturated heterocycles. The summed E-state index contributed by atoms with van der Waals surface area (Å²) in [4.78, 5) is 14.4. The molecule has 0 bridgehead atoms. The van der Waals surface area contributed by atoms with Crippen LogP contribution in [0.5, 0.6) is 0 Å². The van der Waals surface area contributed by atoms with Gasteiger partial charge in [0, 0.05) is 23.8 Å². The second-order valence-corrected chi connectivity index (χ2v) is 10.00. The van der Waals surface area contributed by atoms with E-state index >= 15 is 0 Å². The van der Waals surface area contributed by atoms with Gasteiger partial charge in [0.2, 0.25) is 15.9 Å². The van der Waals surface area contributed by atoms with Crippen molar-refractivity contribution in [3.05, 3.63) is 94.2 Å². The van der Waals surface area contributed by atoms with Gasteiger partial charge in [0.1, 0.15) is 5.82 Å². The van der Waals surface area contributed by atoms with Gasteiger partial charge in [-0.05, 0) is 61.0 Å². The van der Waals surface area contributed by atoms with Crippen LogP contribution >= 0.6 is 15.9 Å². The van der Waals surface area contributed by atoms with Crippen molar-refractivity contribution in [2.24, 2.45) is 0 Å². The molecule has 0 heterocycles. The fourth-order valence-electron chi connectivity index (χ4n) is 2.94. The molecule has 1 amide bonds. The highest BCUT2D eigenvalue weighted by atomic mass is 79.9. The lowest BCUT2D eigenvalue weighted by molar-refractivity contribution is -0.118. The number of nitrogens with zero attached hydrogens (tertiary/aromatic N) is 2. The average Bonchev–Trinajstić information content (AvgIpc) is 2.75. The highest BCUT2D eigenvalue weighted by Crippen LogP contribution is 2.21. The summed E-state index contributed by atoms with van der Waals surface area (Å²) in [6, 6.07) is 19.2. The largest absolute Gasteiger partial charge is 0.314 e. The second kappa shape index (κ2) is 9.72. The molecule has 0 radical (unpaired) electrons. The number of amides is 1. The molecule has 0 saturated carbocycles. The molecule has 3 aromatic rings. The van der Waals surface area contributed by atoms with Gasteiger partial charge in [0.05, 0.1) is 11.4 Å². The van der Waals surface area contributed by atoms with Gasteiger partial charge in [-0.2, -0.15) is 4.31 Å². The Morgan fingerprint density at radius 3 is 2.10 bits per heavy atom. The highest BCUT2D eigenvalue weighted by Gasteiger charge is 2.28. The molecule has 5 nitrogen and oxygen atoms in total. The van der Waals surface area contributed by atoms with Gasteiger partial charge in [-0.25, -0.2) is 12.8 Å². The van der Waals surface area contributed by atoms with Crippen molar-refractivity contribution < 1.29 is 17.6 Å². The number of halogens is 2. The Hall–Kier alpha value is -2.55. The number of sulfonamides is 1. The standard InChI is InChI=1S/C23H22BrFN2O3S/c1-17-3-13-22(14-4-17)31(29,30)27(15-18-5-7-19(24)8-6-18)16-23(28)26(2)21-11-9-20(25)10-12-21/h3-14H,15-16H2,1-2H3. The van der Waals surface area contributed by atoms with Crippen LogP contribution in [-0.4, -0.2) is 32.2 Å². The molecular formula is C23H22BrFN2O3S. The van der Waals surface area contributed by atoms with Gasteiger partial charge in [0.25, 0.3) is 0 Å². The van der Waals surface area contributed by atoms with Gasteiger partial charge in [-0.3, -0.25) is 4.79 Å². The monoisotopic (exact) mass is 504 g/mol. The van der Waals surface area contributed by atoms with Crippen molar-refractivity contribution in [1.29, 1.82) is 0 Å². The van der Waals surface area contributed by atoms with Crippen LogP contribution in [0.3, 0.4) is 0 Å². The summed E-state index contributed by atoms with van der Waals surface area (Å²) < 4.78 is 41.9. The van der Waals surface area contributed by atoms with Crippen molar-refractivity contribution in [1.82, 2.24) is 4.31 Å². The van der Waals surface area contributed by atoms with Crippen LogP contribution in [-0.2, 0) is 21.4 Å². The van der Waals surface area contributed by atoms with Crippen LogP contribution in [0.1, 0.15) is 11.1 Å². The maximum atomic E-state index is 13.4. The van der Waals surface area contributed by atoms with E-state index in [4.69, 9.17) is 0 Å². The first-order valence-electron chi connectivity index (χ1n) is 9.50. The van der Waals surface area contributed by atoms with Crippen molar-refractivity contribution in [3.8, 4) is 0 Å². The molecule has 0 atom stereocenters. The Labute approximate surface area is 190 Å². The number of benzene rings is 3. The molecule has 0 aliphatic rings. The molecule has 0 aromatic heterocycles. The van der Waals surface area contributed by atoms with Crippen LogP contribution in [0, 0.1) is 12.7 Å². The minimum Gasteiger partial charge on any atom is -0.314 e. The summed E-state index contributed by atoms with van der Waals surface area (Å²) >= 11 is 3.37. The fraction of sp³-hybridized carbons (Fsp3) is 0.174. The van der Waals surface area contributed by atoms with Gasteiger partial charge >= 0.3 is 0 Å². The maximum absolute atomic E-state index is 13.4. The molecule has 3 rings (SSSR count). The van der Waals surface area contributed by atoms with Gasteiger partial charge in [0.15, 0.2) is 0 Å². The predicted molar refractivity (Wildman–Crippen MR) is 123 cm³/mol. The summed E-state index contributed by atoms with van der Waals surface area (Å²) in [5, 5.41) is 0. The van der Waals surface area contributed by atoms with E-state index in [1.807, 2.05) is 19.1 Å². The van der Waals surface area contributed by atoms with E-state index in [9.17, 15) is 17.6 Å². The molecule has 162 valence electrons. The van der Waals surface area contributed by atoms with E-state index in [1.54, 1.807) is 24.3 Å². The number of hydrogen-bond acceptors (Lipinski definition) is 3. The first-order valence-corrected chi connectivity index (χ1v) is 11.7. The first-order chi connectivity index (χ1) is 14.7. The number of carbonyl (C=O) groups is 1. The van der Waals surface area contributed by atoms with Crippen LogP contribution in [0.2, 0.25) is 0 Å². The minimum atomic E-state index is -3.93. The lowest BCUT2D eigenvalue weighted by Crippen LogP contribution is -2.41. The molecule has 0 N–H and O–H groups in total. The van der Waals surface area contributed by atoms with Gasteiger partial charge in [-0.15, -0.1) is 0 Å². The summed E-state index contributed by atoms with van der Waals surface area (Å²) in [5.74, 6) is -0.845. The highest BCUT2D eigenvalue weighted by molar-refractivity contribution is 9.10. The molecule has 31 heavy (non-hydrogen) atoms. The number of likely N-dealkylation sites (N-methyl/N-ethyl adjacent to an activating group) is 1. The Balaban J connectivity index is 1.90. The summed E-state index contributed by atoms with van der Waals surface area (Å²) in [6.07, 6.45) is 0. The molecule has 8 heteroatoms. The third-order valence-corrected chi connectivity index (χ3v) is 7.17. The Kier molecular flexibility index (Phi) is 7.25. The van der Waals surface area contributed by atoms with Crippen LogP contribution in [0.15, 0.2) is 82.2 Å². The first kappa shape index (κ1) is 23.1. The number of hydrogen-bond donors (Lipinski definition) is 0. The fourth-order valence-corrected chi connectivity index (χ4v) is 4.59. The second-order valence-electron chi connectivity index (χ2n) is 7.14. The quantitative estimate of drug-likeness (QED) is 0.466. The zero-order valence-corrected chi connectivity index (χ0v) is 19.5. The molecule has 0 aliphatic carbocycles. The van der Waals surface area contributed by atoms with Crippen LogP contribution in [0.4, 0.5) is 10.1 Å². The molecule has 0 fully saturated rings. The number of rotatable bonds is 7. The lowest BCUT2D eigenvalue weighted by atomic mass is 10.2. The van der Waals surface area contributed by atoms with Crippen molar-refractivity contribution >= 4 is 37.5 Å². The van der Waals surface area contributed by atoms with Crippen molar-refractivity contribution in [3.63, 3.8) is 0 Å². The van der Waals surface area contributed by atoms with Crippen LogP contribution in [0.25, 0.3) is 0 Å². The van der Waals surface area contributed by atoms with E-state index in [0.29, 0.717) is 5.69 Å². The molecule has 0 aliphatic heterocycles. The molecule has 3 aromatic carbocycles. The lowest BCUT2D eigenvalue weighted by Gasteiger charge is -2.25. The zero-order chi connectivity index (χ0) is 22.6. The van der Waals surface area contributed by atoms with E-state index in [0.717, 1.165) is 19.9 Å². The topological polar surface area (TPSA) is 57.7 Å². The Morgan fingerprint density at radius 2 is 1.52 bits per heavy atom. The molecule has 0 unspecified atom stereocenters. The Bertz CT molecular complexity index is 1150. The SMILES string of the molecule is Cc1ccc(S(=O)(=O)N(CC(=O)N(C)c2ccc(F)cc2)Cc2ccc(Br)cc2)cc1. The van der Waals surface area contributed by atoms with E-state index < -0.39 is 21.7 Å². The number of anilines is 1. The summed E-state index contributed by atoms with van der Waals surface area (Å²) in [5.41, 5.74) is 2.16. The van der Waals surface area contributed by atoms with Crippen molar-refractivity contribution in [2.75, 3.05) is 18.5 Å².